The summed E-state index contributed by atoms with van der Waals surface area (Å²) in [7, 11) is 0. The van der Waals surface area contributed by atoms with Crippen LogP contribution < -0.4 is 0 Å². The summed E-state index contributed by atoms with van der Waals surface area (Å²) in [6.07, 6.45) is 11.6. The number of hydrogen-bond donors (Lipinski definition) is 1. The molecule has 4 atom stereocenters. The minimum absolute atomic E-state index is 0.0486. The van der Waals surface area contributed by atoms with Crippen molar-refractivity contribution in [2.75, 3.05) is 0 Å². The molecular formula is C20H32O2. The van der Waals surface area contributed by atoms with Crippen LogP contribution in [0.15, 0.2) is 23.0 Å². The van der Waals surface area contributed by atoms with E-state index in [1.165, 1.54) is 18.4 Å². The fourth-order valence-corrected chi connectivity index (χ4v) is 5.44. The van der Waals surface area contributed by atoms with Gasteiger partial charge in [-0.3, -0.25) is 0 Å². The molecule has 1 N–H and O–H groups in total. The Morgan fingerprint density at radius 1 is 1.23 bits per heavy atom. The highest BCUT2D eigenvalue weighted by Gasteiger charge is 2.60. The van der Waals surface area contributed by atoms with E-state index in [1.807, 2.05) is 6.26 Å². The van der Waals surface area contributed by atoms with Crippen LogP contribution in [0.2, 0.25) is 0 Å². The summed E-state index contributed by atoms with van der Waals surface area (Å²) in [5.41, 5.74) is 1.08. The molecule has 0 bridgehead atoms. The number of fused-ring (bicyclic) bond motifs is 1. The van der Waals surface area contributed by atoms with E-state index >= 15 is 0 Å². The fraction of sp³-hybridized carbons (Fsp3) is 0.800. The van der Waals surface area contributed by atoms with E-state index in [-0.39, 0.29) is 10.8 Å². The predicted molar refractivity (Wildman–Crippen MR) is 89.6 cm³/mol. The molecule has 2 fully saturated rings. The molecule has 0 unspecified atom stereocenters. The zero-order valence-corrected chi connectivity index (χ0v) is 14.7. The lowest BCUT2D eigenvalue weighted by Crippen LogP contribution is -2.62. The molecule has 0 amide bonds. The highest BCUT2D eigenvalue weighted by atomic mass is 16.3. The van der Waals surface area contributed by atoms with E-state index in [1.54, 1.807) is 6.26 Å². The van der Waals surface area contributed by atoms with Gasteiger partial charge in [0.15, 0.2) is 0 Å². The molecule has 2 heteroatoms. The summed E-state index contributed by atoms with van der Waals surface area (Å²) in [4.78, 5) is 0. The normalized spacial score (nSPS) is 41.1. The third-order valence-electron chi connectivity index (χ3n) is 7.46. The van der Waals surface area contributed by atoms with Crippen LogP contribution in [0.4, 0.5) is 0 Å². The van der Waals surface area contributed by atoms with Gasteiger partial charge in [-0.15, -0.1) is 0 Å². The van der Waals surface area contributed by atoms with Crippen LogP contribution in [-0.4, -0.2) is 10.7 Å². The van der Waals surface area contributed by atoms with Crippen LogP contribution in [0.3, 0.4) is 0 Å². The van der Waals surface area contributed by atoms with Gasteiger partial charge in [-0.1, -0.05) is 34.1 Å². The van der Waals surface area contributed by atoms with E-state index in [0.717, 1.165) is 32.1 Å². The van der Waals surface area contributed by atoms with Gasteiger partial charge in [0.05, 0.1) is 18.1 Å². The van der Waals surface area contributed by atoms with Crippen molar-refractivity contribution in [1.29, 1.82) is 0 Å². The number of aliphatic hydroxyl groups is 1. The first-order valence-corrected chi connectivity index (χ1v) is 9.03. The Morgan fingerprint density at radius 3 is 2.68 bits per heavy atom. The third kappa shape index (κ3) is 2.35. The molecule has 2 nitrogen and oxygen atoms in total. The molecular weight excluding hydrogens is 272 g/mol. The summed E-state index contributed by atoms with van der Waals surface area (Å²) in [6.45, 7) is 9.40. The van der Waals surface area contributed by atoms with E-state index in [2.05, 4.69) is 33.8 Å². The molecule has 0 aromatic carbocycles. The van der Waals surface area contributed by atoms with Crippen molar-refractivity contribution in [2.24, 2.45) is 22.7 Å². The lowest BCUT2D eigenvalue weighted by atomic mass is 9.45. The fourth-order valence-electron chi connectivity index (χ4n) is 5.44. The molecule has 0 saturated heterocycles. The summed E-state index contributed by atoms with van der Waals surface area (Å²) in [5, 5.41) is 11.6. The number of aryl methyl sites for hydroxylation is 1. The minimum atomic E-state index is -0.483. The lowest BCUT2D eigenvalue weighted by molar-refractivity contribution is -0.212. The second-order valence-corrected chi connectivity index (χ2v) is 8.83. The molecule has 22 heavy (non-hydrogen) atoms. The summed E-state index contributed by atoms with van der Waals surface area (Å²) in [5.74, 6) is 1.11. The SMILES string of the molecule is C[C@H]1CC[C@@]2(O)[C@H](CCCC2(C)C)[C@]1(C)CCc1ccoc1. The summed E-state index contributed by atoms with van der Waals surface area (Å²) in [6, 6.07) is 2.08. The van der Waals surface area contributed by atoms with Crippen LogP contribution >= 0.6 is 0 Å². The smallest absolute Gasteiger partial charge is 0.0934 e. The van der Waals surface area contributed by atoms with E-state index in [0.29, 0.717) is 11.8 Å². The first-order chi connectivity index (χ1) is 10.3. The van der Waals surface area contributed by atoms with Crippen molar-refractivity contribution in [3.8, 4) is 0 Å². The van der Waals surface area contributed by atoms with Crippen molar-refractivity contribution in [3.05, 3.63) is 24.2 Å². The quantitative estimate of drug-likeness (QED) is 0.832. The Morgan fingerprint density at radius 2 is 2.00 bits per heavy atom. The maximum absolute atomic E-state index is 11.6. The van der Waals surface area contributed by atoms with Crippen molar-refractivity contribution >= 4 is 0 Å². The molecule has 1 aromatic rings. The van der Waals surface area contributed by atoms with E-state index in [9.17, 15) is 5.11 Å². The van der Waals surface area contributed by atoms with Gasteiger partial charge in [-0.2, -0.15) is 0 Å². The van der Waals surface area contributed by atoms with Gasteiger partial charge in [0.2, 0.25) is 0 Å². The second-order valence-electron chi connectivity index (χ2n) is 8.83. The van der Waals surface area contributed by atoms with E-state index in [4.69, 9.17) is 4.42 Å². The largest absolute Gasteiger partial charge is 0.472 e. The topological polar surface area (TPSA) is 33.4 Å². The number of furan rings is 1. The van der Waals surface area contributed by atoms with Crippen LogP contribution in [0.25, 0.3) is 0 Å². The maximum atomic E-state index is 11.6. The van der Waals surface area contributed by atoms with Gasteiger partial charge < -0.3 is 9.52 Å². The average molecular weight is 304 g/mol. The van der Waals surface area contributed by atoms with Crippen molar-refractivity contribution in [1.82, 2.24) is 0 Å². The summed E-state index contributed by atoms with van der Waals surface area (Å²) >= 11 is 0. The second kappa shape index (κ2) is 5.40. The number of rotatable bonds is 3. The Balaban J connectivity index is 1.87. The standard InChI is InChI=1S/C20H32O2/c1-15-7-12-20(21)17(6-5-10-18(20,2)3)19(15,4)11-8-16-9-13-22-14-16/h9,13-15,17,21H,5-8,10-12H2,1-4H3/t15-,17+,19+,20+/m0/s1. The van der Waals surface area contributed by atoms with Crippen LogP contribution in [0, 0.1) is 22.7 Å². The predicted octanol–water partition coefficient (Wildman–Crippen LogP) is 5.21. The molecule has 2 aliphatic rings. The van der Waals surface area contributed by atoms with Crippen LogP contribution in [0.1, 0.15) is 71.8 Å². The highest BCUT2D eigenvalue weighted by Crippen LogP contribution is 2.62. The minimum Gasteiger partial charge on any atom is -0.472 e. The molecule has 1 aromatic heterocycles. The molecule has 0 radical (unpaired) electrons. The first kappa shape index (κ1) is 16.1. The average Bonchev–Trinajstić information content (AvgIpc) is 2.97. The molecule has 0 aliphatic heterocycles. The molecule has 2 aliphatic carbocycles. The van der Waals surface area contributed by atoms with Gasteiger partial charge in [-0.05, 0) is 72.8 Å². The molecule has 0 spiro atoms. The third-order valence-corrected chi connectivity index (χ3v) is 7.46. The molecule has 2 saturated carbocycles. The van der Waals surface area contributed by atoms with Gasteiger partial charge in [0, 0.05) is 0 Å². The monoisotopic (exact) mass is 304 g/mol. The zero-order valence-electron chi connectivity index (χ0n) is 14.7. The van der Waals surface area contributed by atoms with Crippen molar-refractivity contribution in [2.45, 2.75) is 78.2 Å². The van der Waals surface area contributed by atoms with E-state index < -0.39 is 5.60 Å². The van der Waals surface area contributed by atoms with Crippen LogP contribution in [-0.2, 0) is 6.42 Å². The van der Waals surface area contributed by atoms with Gasteiger partial charge in [0.25, 0.3) is 0 Å². The van der Waals surface area contributed by atoms with Crippen molar-refractivity contribution in [3.63, 3.8) is 0 Å². The van der Waals surface area contributed by atoms with Gasteiger partial charge >= 0.3 is 0 Å². The highest BCUT2D eigenvalue weighted by molar-refractivity contribution is 5.12. The van der Waals surface area contributed by atoms with Crippen LogP contribution in [0.5, 0.6) is 0 Å². The summed E-state index contributed by atoms with van der Waals surface area (Å²) < 4.78 is 5.22. The van der Waals surface area contributed by atoms with Crippen molar-refractivity contribution < 1.29 is 9.52 Å². The Labute approximate surface area is 135 Å². The molecule has 124 valence electrons. The van der Waals surface area contributed by atoms with Gasteiger partial charge in [0.1, 0.15) is 0 Å². The zero-order chi connectivity index (χ0) is 16.0. The first-order valence-electron chi connectivity index (χ1n) is 9.03. The molecule has 3 rings (SSSR count). The maximum Gasteiger partial charge on any atom is 0.0934 e. The molecule has 1 heterocycles. The Kier molecular flexibility index (Phi) is 3.96. The number of hydrogen-bond acceptors (Lipinski definition) is 2. The van der Waals surface area contributed by atoms with Gasteiger partial charge in [-0.25, -0.2) is 0 Å². The lowest BCUT2D eigenvalue weighted by Gasteiger charge is -2.62. The Bertz CT molecular complexity index is 504. The Hall–Kier alpha value is -0.760.